The number of benzene rings is 1. The Morgan fingerprint density at radius 3 is 3.00 bits per heavy atom. The fourth-order valence-electron chi connectivity index (χ4n) is 3.53. The summed E-state index contributed by atoms with van der Waals surface area (Å²) >= 11 is 0. The van der Waals surface area contributed by atoms with E-state index in [0.29, 0.717) is 22.5 Å². The van der Waals surface area contributed by atoms with E-state index in [0.717, 1.165) is 24.3 Å². The second-order valence-electron chi connectivity index (χ2n) is 5.80. The van der Waals surface area contributed by atoms with Crippen molar-refractivity contribution >= 4 is 5.91 Å². The number of ether oxygens (including phenoxy) is 3. The van der Waals surface area contributed by atoms with Gasteiger partial charge in [0.05, 0.1) is 26.3 Å². The van der Waals surface area contributed by atoms with Crippen LogP contribution >= 0.6 is 0 Å². The average molecular weight is 313 g/mol. The number of rotatable bonds is 1. The number of nitrogens with zero attached hydrogens (tertiary/aromatic N) is 1. The Hall–Kier alpha value is -1.66. The number of hydrogen-bond acceptors (Lipinski definition) is 4. The summed E-state index contributed by atoms with van der Waals surface area (Å²) in [7, 11) is 3.74. The van der Waals surface area contributed by atoms with Gasteiger partial charge in [-0.1, -0.05) is 0 Å². The second-order valence-corrected chi connectivity index (χ2v) is 5.80. The molecule has 1 fully saturated rings. The summed E-state index contributed by atoms with van der Waals surface area (Å²) < 4.78 is 17.3. The van der Waals surface area contributed by atoms with Crippen LogP contribution < -0.4 is 31.9 Å². The van der Waals surface area contributed by atoms with Crippen molar-refractivity contribution in [3.63, 3.8) is 0 Å². The predicted molar refractivity (Wildman–Crippen MR) is 69.6 cm³/mol. The van der Waals surface area contributed by atoms with Crippen LogP contribution in [0.3, 0.4) is 0 Å². The molecule has 4 rings (SSSR count). The molecule has 1 aromatic rings. The minimum atomic E-state index is -0.0595. The molecule has 0 aliphatic carbocycles. The number of fused-ring (bicyclic) bond motifs is 4. The molecule has 0 radical (unpaired) electrons. The first kappa shape index (κ1) is 14.3. The first-order chi connectivity index (χ1) is 9.62. The largest absolute Gasteiger partial charge is 1.00 e. The van der Waals surface area contributed by atoms with Gasteiger partial charge in [-0.25, -0.2) is 0 Å². The molecule has 0 spiro atoms. The molecular formula is C14H17ClN2O4. The number of carbonyl (C=O) groups is 1. The second kappa shape index (κ2) is 4.68. The van der Waals surface area contributed by atoms with Crippen LogP contribution in [-0.4, -0.2) is 44.4 Å². The van der Waals surface area contributed by atoms with Crippen LogP contribution in [0, 0.1) is 0 Å². The van der Waals surface area contributed by atoms with E-state index in [4.69, 9.17) is 14.2 Å². The summed E-state index contributed by atoms with van der Waals surface area (Å²) in [5.74, 6) is 2.18. The third-order valence-electron chi connectivity index (χ3n) is 4.54. The first-order valence-electron chi connectivity index (χ1n) is 6.75. The van der Waals surface area contributed by atoms with Crippen LogP contribution in [0.25, 0.3) is 0 Å². The molecule has 21 heavy (non-hydrogen) atoms. The molecule has 0 aromatic heterocycles. The van der Waals surface area contributed by atoms with Gasteiger partial charge in [-0.2, -0.15) is 0 Å². The van der Waals surface area contributed by atoms with Gasteiger partial charge in [0.2, 0.25) is 12.5 Å². The fraction of sp³-hybridized carbons (Fsp3) is 0.500. The number of nitrogens with one attached hydrogen (secondary N) is 1. The van der Waals surface area contributed by atoms with E-state index >= 15 is 0 Å². The lowest BCUT2D eigenvalue weighted by Gasteiger charge is -2.39. The minimum absolute atomic E-state index is 0. The third-order valence-corrected chi connectivity index (χ3v) is 4.54. The SMILES string of the molecule is COc1c2c(cc3c1C1NC(=O)C[N+]1(C)CC3)OCO2.[Cl-]. The van der Waals surface area contributed by atoms with Gasteiger partial charge in [0, 0.05) is 6.42 Å². The van der Waals surface area contributed by atoms with E-state index in [-0.39, 0.29) is 31.3 Å². The molecule has 2 atom stereocenters. The number of hydrogen-bond donors (Lipinski definition) is 1. The predicted octanol–water partition coefficient (Wildman–Crippen LogP) is -2.44. The molecule has 3 aliphatic heterocycles. The molecule has 1 aromatic carbocycles. The number of amides is 1. The number of methoxy groups -OCH3 is 1. The Kier molecular flexibility index (Phi) is 3.18. The standard InChI is InChI=1S/C14H16N2O4.ClH/c1-16-4-3-8-5-9-12(20-7-19-9)13(18-2)11(8)14(16)15-10(17)6-16;/h5,14H,3-4,6-7H2,1-2H3;1H. The highest BCUT2D eigenvalue weighted by Gasteiger charge is 2.49. The monoisotopic (exact) mass is 312 g/mol. The van der Waals surface area contributed by atoms with Crippen LogP contribution in [-0.2, 0) is 11.2 Å². The number of halogens is 1. The Bertz CT molecular complexity index is 621. The molecule has 7 heteroatoms. The van der Waals surface area contributed by atoms with E-state index in [9.17, 15) is 4.79 Å². The maximum absolute atomic E-state index is 11.8. The van der Waals surface area contributed by atoms with Crippen LogP contribution in [0.2, 0.25) is 0 Å². The Labute approximate surface area is 129 Å². The molecule has 0 saturated carbocycles. The maximum Gasteiger partial charge on any atom is 0.280 e. The Morgan fingerprint density at radius 1 is 1.43 bits per heavy atom. The van der Waals surface area contributed by atoms with Crippen molar-refractivity contribution in [2.24, 2.45) is 0 Å². The van der Waals surface area contributed by atoms with E-state index in [1.54, 1.807) is 7.11 Å². The van der Waals surface area contributed by atoms with Gasteiger partial charge < -0.3 is 26.6 Å². The normalized spacial score (nSPS) is 28.3. The third kappa shape index (κ3) is 1.86. The molecule has 1 saturated heterocycles. The average Bonchev–Trinajstić information content (AvgIpc) is 2.98. The summed E-state index contributed by atoms with van der Waals surface area (Å²) in [6.07, 6.45) is 0.847. The van der Waals surface area contributed by atoms with Crippen LogP contribution in [0.5, 0.6) is 17.2 Å². The van der Waals surface area contributed by atoms with Crippen molar-refractivity contribution in [3.8, 4) is 17.2 Å². The molecule has 2 unspecified atom stereocenters. The molecule has 1 N–H and O–H groups in total. The Morgan fingerprint density at radius 2 is 2.24 bits per heavy atom. The van der Waals surface area contributed by atoms with E-state index < -0.39 is 0 Å². The zero-order valence-corrected chi connectivity index (χ0v) is 12.7. The lowest BCUT2D eigenvalue weighted by molar-refractivity contribution is -0.927. The smallest absolute Gasteiger partial charge is 0.280 e. The molecule has 0 bridgehead atoms. The van der Waals surface area contributed by atoms with Crippen molar-refractivity contribution in [1.29, 1.82) is 0 Å². The summed E-state index contributed by atoms with van der Waals surface area (Å²) in [5, 5.41) is 3.08. The number of carbonyl (C=O) groups excluding carboxylic acids is 1. The lowest BCUT2D eigenvalue weighted by Crippen LogP contribution is -3.00. The number of quaternary nitrogens is 1. The van der Waals surface area contributed by atoms with Crippen LogP contribution in [0.4, 0.5) is 0 Å². The highest BCUT2D eigenvalue weighted by Crippen LogP contribution is 2.50. The van der Waals surface area contributed by atoms with Crippen molar-refractivity contribution < 1.29 is 35.9 Å². The van der Waals surface area contributed by atoms with E-state index in [1.807, 2.05) is 6.07 Å². The van der Waals surface area contributed by atoms with Crippen molar-refractivity contribution in [2.45, 2.75) is 12.6 Å². The molecular weight excluding hydrogens is 296 g/mol. The van der Waals surface area contributed by atoms with Crippen LogP contribution in [0.15, 0.2) is 6.07 Å². The first-order valence-corrected chi connectivity index (χ1v) is 6.75. The van der Waals surface area contributed by atoms with Gasteiger partial charge in [0.15, 0.2) is 24.2 Å². The highest BCUT2D eigenvalue weighted by atomic mass is 35.5. The molecule has 3 heterocycles. The minimum Gasteiger partial charge on any atom is -1.00 e. The van der Waals surface area contributed by atoms with Crippen molar-refractivity contribution in [2.75, 3.05) is 34.0 Å². The summed E-state index contributed by atoms with van der Waals surface area (Å²) in [4.78, 5) is 11.8. The van der Waals surface area contributed by atoms with Crippen LogP contribution in [0.1, 0.15) is 17.3 Å². The topological polar surface area (TPSA) is 56.8 Å². The molecule has 1 amide bonds. The number of likely N-dealkylation sites (N-methyl/N-ethyl adjacent to an activating group) is 1. The molecule has 3 aliphatic rings. The zero-order valence-electron chi connectivity index (χ0n) is 11.9. The van der Waals surface area contributed by atoms with Gasteiger partial charge in [0.1, 0.15) is 0 Å². The summed E-state index contributed by atoms with van der Waals surface area (Å²) in [6, 6.07) is 2.02. The van der Waals surface area contributed by atoms with Gasteiger partial charge in [0.25, 0.3) is 5.91 Å². The maximum atomic E-state index is 11.8. The van der Waals surface area contributed by atoms with Crippen molar-refractivity contribution in [1.82, 2.24) is 5.32 Å². The molecule has 114 valence electrons. The van der Waals surface area contributed by atoms with Gasteiger partial charge >= 0.3 is 0 Å². The lowest BCUT2D eigenvalue weighted by atomic mass is 9.94. The molecule has 6 nitrogen and oxygen atoms in total. The quantitative estimate of drug-likeness (QED) is 0.586. The summed E-state index contributed by atoms with van der Waals surface area (Å²) in [6.45, 7) is 1.67. The fourth-order valence-corrected chi connectivity index (χ4v) is 3.53. The Balaban J connectivity index is 0.00000132. The highest BCUT2D eigenvalue weighted by molar-refractivity contribution is 5.79. The van der Waals surface area contributed by atoms with E-state index in [2.05, 4.69) is 12.4 Å². The van der Waals surface area contributed by atoms with E-state index in [1.165, 1.54) is 5.56 Å². The zero-order chi connectivity index (χ0) is 13.9. The summed E-state index contributed by atoms with van der Waals surface area (Å²) in [5.41, 5.74) is 2.21. The van der Waals surface area contributed by atoms with Crippen molar-refractivity contribution in [3.05, 3.63) is 17.2 Å². The van der Waals surface area contributed by atoms with Gasteiger partial charge in [-0.05, 0) is 11.6 Å². The van der Waals surface area contributed by atoms with Gasteiger partial charge in [-0.15, -0.1) is 0 Å². The van der Waals surface area contributed by atoms with Gasteiger partial charge in [-0.3, -0.25) is 14.6 Å².